The fraction of sp³-hybridized carbons (Fsp3) is 0.200. The van der Waals surface area contributed by atoms with E-state index in [-0.39, 0.29) is 12.3 Å². The molecule has 1 aromatic heterocycles. The topological polar surface area (TPSA) is 51.2 Å². The van der Waals surface area contributed by atoms with Gasteiger partial charge in [0.05, 0.1) is 19.2 Å². The van der Waals surface area contributed by atoms with E-state index in [1.54, 1.807) is 31.5 Å². The largest absolute Gasteiger partial charge is 0.494 e. The van der Waals surface area contributed by atoms with Crippen LogP contribution in [0.1, 0.15) is 19.4 Å². The quantitative estimate of drug-likeness (QED) is 0.707. The van der Waals surface area contributed by atoms with Crippen molar-refractivity contribution in [1.82, 2.24) is 4.98 Å². The van der Waals surface area contributed by atoms with Gasteiger partial charge >= 0.3 is 0 Å². The van der Waals surface area contributed by atoms with Gasteiger partial charge in [-0.05, 0) is 42.0 Å². The number of benzene rings is 2. The number of carbonyl (C=O) groups excluding carboxylic acids is 1. The van der Waals surface area contributed by atoms with Crippen LogP contribution in [0.3, 0.4) is 0 Å². The number of fused-ring (bicyclic) bond motifs is 1. The third-order valence-corrected chi connectivity index (χ3v) is 3.76. The molecule has 3 rings (SSSR count). The van der Waals surface area contributed by atoms with Crippen LogP contribution in [-0.2, 0) is 11.2 Å². The molecule has 0 spiro atoms. The molecule has 25 heavy (non-hydrogen) atoms. The molecular formula is C20H21ClN2O2. The molecule has 1 heterocycles. The number of nitrogens with one attached hydrogen (secondary N) is 1. The first kappa shape index (κ1) is 18.7. The van der Waals surface area contributed by atoms with Gasteiger partial charge in [-0.2, -0.15) is 0 Å². The Hall–Kier alpha value is -2.59. The van der Waals surface area contributed by atoms with Crippen molar-refractivity contribution in [2.45, 2.75) is 20.3 Å². The Morgan fingerprint density at radius 1 is 1.12 bits per heavy atom. The van der Waals surface area contributed by atoms with E-state index in [2.05, 4.69) is 10.3 Å². The minimum Gasteiger partial charge on any atom is -0.494 e. The van der Waals surface area contributed by atoms with Crippen LogP contribution in [0.25, 0.3) is 10.9 Å². The van der Waals surface area contributed by atoms with Crippen LogP contribution >= 0.6 is 11.6 Å². The van der Waals surface area contributed by atoms with Crippen LogP contribution in [0.2, 0.25) is 5.02 Å². The monoisotopic (exact) mass is 356 g/mol. The van der Waals surface area contributed by atoms with Crippen molar-refractivity contribution in [3.05, 3.63) is 65.3 Å². The second kappa shape index (κ2) is 9.04. The first-order valence-electron chi connectivity index (χ1n) is 8.13. The van der Waals surface area contributed by atoms with Gasteiger partial charge in [-0.25, -0.2) is 0 Å². The number of anilines is 1. The number of rotatable bonds is 4. The Kier molecular flexibility index (Phi) is 6.78. The highest BCUT2D eigenvalue weighted by atomic mass is 35.5. The molecule has 1 N–H and O–H groups in total. The summed E-state index contributed by atoms with van der Waals surface area (Å²) in [6.07, 6.45) is 1.98. The van der Waals surface area contributed by atoms with Crippen molar-refractivity contribution < 1.29 is 9.53 Å². The van der Waals surface area contributed by atoms with Gasteiger partial charge in [-0.1, -0.05) is 37.6 Å². The molecule has 0 aliphatic rings. The molecule has 3 aromatic rings. The summed E-state index contributed by atoms with van der Waals surface area (Å²) in [5.41, 5.74) is 2.34. The van der Waals surface area contributed by atoms with Crippen LogP contribution in [-0.4, -0.2) is 18.0 Å². The molecular weight excluding hydrogens is 336 g/mol. The van der Waals surface area contributed by atoms with Crippen molar-refractivity contribution in [3.8, 4) is 5.75 Å². The fourth-order valence-corrected chi connectivity index (χ4v) is 2.53. The lowest BCUT2D eigenvalue weighted by Gasteiger charge is -2.11. The molecule has 2 aromatic carbocycles. The zero-order chi connectivity index (χ0) is 18.2. The van der Waals surface area contributed by atoms with E-state index in [0.717, 1.165) is 16.5 Å². The van der Waals surface area contributed by atoms with E-state index in [1.165, 1.54) is 0 Å². The Morgan fingerprint density at radius 2 is 1.84 bits per heavy atom. The number of aromatic nitrogens is 1. The predicted octanol–water partition coefficient (Wildman–Crippen LogP) is 5.10. The second-order valence-electron chi connectivity index (χ2n) is 5.07. The van der Waals surface area contributed by atoms with E-state index < -0.39 is 0 Å². The van der Waals surface area contributed by atoms with E-state index >= 15 is 0 Å². The molecule has 0 bridgehead atoms. The summed E-state index contributed by atoms with van der Waals surface area (Å²) in [7, 11) is 1.60. The Balaban J connectivity index is 0.00000109. The summed E-state index contributed by atoms with van der Waals surface area (Å²) < 4.78 is 5.31. The smallest absolute Gasteiger partial charge is 0.228 e. The minimum absolute atomic E-state index is 0.0948. The van der Waals surface area contributed by atoms with Crippen molar-refractivity contribution >= 4 is 34.1 Å². The molecule has 0 saturated carbocycles. The Morgan fingerprint density at radius 3 is 2.52 bits per heavy atom. The number of pyridine rings is 1. The van der Waals surface area contributed by atoms with Gasteiger partial charge in [0.15, 0.2) is 0 Å². The molecule has 0 fully saturated rings. The van der Waals surface area contributed by atoms with Crippen LogP contribution in [0.5, 0.6) is 5.75 Å². The summed E-state index contributed by atoms with van der Waals surface area (Å²) in [6, 6.07) is 14.6. The van der Waals surface area contributed by atoms with E-state index in [9.17, 15) is 4.79 Å². The van der Waals surface area contributed by atoms with E-state index in [0.29, 0.717) is 16.5 Å². The molecule has 0 aliphatic heterocycles. The molecule has 1 amide bonds. The molecule has 4 nitrogen and oxygen atoms in total. The van der Waals surface area contributed by atoms with Gasteiger partial charge in [0, 0.05) is 16.6 Å². The molecule has 5 heteroatoms. The Bertz CT molecular complexity index is 848. The standard InChI is InChI=1S/C18H15ClN2O2.C2H6/c1-23-16-9-8-15(14-3-2-10-20-18(14)16)21-17(22)11-12-4-6-13(19)7-5-12;1-2/h2-10H,11H2,1H3,(H,21,22);1-2H3. The maximum absolute atomic E-state index is 12.3. The van der Waals surface area contributed by atoms with Crippen molar-refractivity contribution in [3.63, 3.8) is 0 Å². The third-order valence-electron chi connectivity index (χ3n) is 3.50. The molecule has 0 aliphatic carbocycles. The highest BCUT2D eigenvalue weighted by Crippen LogP contribution is 2.29. The number of hydrogen-bond donors (Lipinski definition) is 1. The number of carbonyl (C=O) groups is 1. The molecule has 0 saturated heterocycles. The van der Waals surface area contributed by atoms with E-state index in [1.807, 2.05) is 44.2 Å². The SMILES string of the molecule is CC.COc1ccc(NC(=O)Cc2ccc(Cl)cc2)c2cccnc12. The van der Waals surface area contributed by atoms with Crippen LogP contribution < -0.4 is 10.1 Å². The molecule has 0 atom stereocenters. The second-order valence-corrected chi connectivity index (χ2v) is 5.50. The average Bonchev–Trinajstić information content (AvgIpc) is 2.65. The fourth-order valence-electron chi connectivity index (χ4n) is 2.40. The lowest BCUT2D eigenvalue weighted by Crippen LogP contribution is -2.14. The zero-order valence-corrected chi connectivity index (χ0v) is 15.3. The number of methoxy groups -OCH3 is 1. The first-order chi connectivity index (χ1) is 12.2. The summed E-state index contributed by atoms with van der Waals surface area (Å²) >= 11 is 5.85. The van der Waals surface area contributed by atoms with Gasteiger partial charge < -0.3 is 10.1 Å². The lowest BCUT2D eigenvalue weighted by atomic mass is 10.1. The number of nitrogens with zero attached hydrogens (tertiary/aromatic N) is 1. The number of halogens is 1. The number of ether oxygens (including phenoxy) is 1. The maximum atomic E-state index is 12.3. The van der Waals surface area contributed by atoms with Gasteiger partial charge in [0.2, 0.25) is 5.91 Å². The van der Waals surface area contributed by atoms with Gasteiger partial charge in [-0.3, -0.25) is 9.78 Å². The van der Waals surface area contributed by atoms with Gasteiger partial charge in [0.1, 0.15) is 11.3 Å². The maximum Gasteiger partial charge on any atom is 0.228 e. The highest BCUT2D eigenvalue weighted by molar-refractivity contribution is 6.30. The molecule has 0 radical (unpaired) electrons. The summed E-state index contributed by atoms with van der Waals surface area (Å²) in [5, 5.41) is 4.43. The summed E-state index contributed by atoms with van der Waals surface area (Å²) in [6.45, 7) is 4.00. The van der Waals surface area contributed by atoms with E-state index in [4.69, 9.17) is 16.3 Å². The van der Waals surface area contributed by atoms with Crippen molar-refractivity contribution in [1.29, 1.82) is 0 Å². The van der Waals surface area contributed by atoms with Gasteiger partial charge in [-0.15, -0.1) is 0 Å². The van der Waals surface area contributed by atoms with Gasteiger partial charge in [0.25, 0.3) is 0 Å². The summed E-state index contributed by atoms with van der Waals surface area (Å²) in [5.74, 6) is 0.582. The Labute approximate surface area is 152 Å². The third kappa shape index (κ3) is 4.70. The summed E-state index contributed by atoms with van der Waals surface area (Å²) in [4.78, 5) is 16.6. The average molecular weight is 357 g/mol. The first-order valence-corrected chi connectivity index (χ1v) is 8.51. The van der Waals surface area contributed by atoms with Crippen LogP contribution in [0.4, 0.5) is 5.69 Å². The normalized spacial score (nSPS) is 9.92. The van der Waals surface area contributed by atoms with Crippen molar-refractivity contribution in [2.75, 3.05) is 12.4 Å². The number of amides is 1. The van der Waals surface area contributed by atoms with Crippen molar-refractivity contribution in [2.24, 2.45) is 0 Å². The van der Waals surface area contributed by atoms with Crippen LogP contribution in [0, 0.1) is 0 Å². The molecule has 130 valence electrons. The lowest BCUT2D eigenvalue weighted by molar-refractivity contribution is -0.115. The highest BCUT2D eigenvalue weighted by Gasteiger charge is 2.10. The molecule has 0 unspecified atom stereocenters. The van der Waals surface area contributed by atoms with Crippen LogP contribution in [0.15, 0.2) is 54.7 Å². The predicted molar refractivity (Wildman–Crippen MR) is 103 cm³/mol. The number of hydrogen-bond acceptors (Lipinski definition) is 3. The zero-order valence-electron chi connectivity index (χ0n) is 14.5. The minimum atomic E-state index is -0.0948.